The SMILES string of the molecule is CCCCC1(CC)CNC(=O)NC1O. The third-order valence-corrected chi connectivity index (χ3v) is 3.18. The Morgan fingerprint density at radius 2 is 2.29 bits per heavy atom. The molecule has 3 N–H and O–H groups in total. The topological polar surface area (TPSA) is 61.4 Å². The lowest BCUT2D eigenvalue weighted by Crippen LogP contribution is -2.61. The minimum atomic E-state index is -0.701. The minimum Gasteiger partial charge on any atom is -0.373 e. The summed E-state index contributed by atoms with van der Waals surface area (Å²) < 4.78 is 0. The number of aliphatic hydroxyl groups excluding tert-OH is 1. The molecule has 0 aliphatic carbocycles. The quantitative estimate of drug-likeness (QED) is 0.638. The fourth-order valence-corrected chi connectivity index (χ4v) is 1.93. The Kier molecular flexibility index (Phi) is 3.75. The van der Waals surface area contributed by atoms with Gasteiger partial charge in [-0.05, 0) is 12.8 Å². The highest BCUT2D eigenvalue weighted by atomic mass is 16.3. The average Bonchev–Trinajstić information content (AvgIpc) is 2.18. The molecular weight excluding hydrogens is 180 g/mol. The molecule has 0 saturated carbocycles. The molecule has 1 rings (SSSR count). The maximum atomic E-state index is 11.0. The Hall–Kier alpha value is -0.770. The van der Waals surface area contributed by atoms with E-state index in [2.05, 4.69) is 24.5 Å². The largest absolute Gasteiger partial charge is 0.373 e. The number of rotatable bonds is 4. The van der Waals surface area contributed by atoms with Gasteiger partial charge in [-0.15, -0.1) is 0 Å². The highest BCUT2D eigenvalue weighted by Gasteiger charge is 2.40. The van der Waals surface area contributed by atoms with Crippen molar-refractivity contribution in [2.45, 2.75) is 45.8 Å². The molecule has 1 aliphatic heterocycles. The van der Waals surface area contributed by atoms with Crippen LogP contribution in [-0.2, 0) is 0 Å². The predicted molar refractivity (Wildman–Crippen MR) is 54.8 cm³/mol. The molecule has 2 unspecified atom stereocenters. The summed E-state index contributed by atoms with van der Waals surface area (Å²) in [7, 11) is 0. The Morgan fingerprint density at radius 3 is 2.79 bits per heavy atom. The van der Waals surface area contributed by atoms with E-state index in [1.54, 1.807) is 0 Å². The number of nitrogens with one attached hydrogen (secondary N) is 2. The summed E-state index contributed by atoms with van der Waals surface area (Å²) in [6.07, 6.45) is 3.33. The second-order valence-electron chi connectivity index (χ2n) is 4.05. The van der Waals surface area contributed by atoms with Gasteiger partial charge in [0, 0.05) is 12.0 Å². The van der Waals surface area contributed by atoms with E-state index in [0.717, 1.165) is 25.7 Å². The van der Waals surface area contributed by atoms with Crippen LogP contribution in [-0.4, -0.2) is 23.9 Å². The van der Waals surface area contributed by atoms with Crippen LogP contribution >= 0.6 is 0 Å². The molecule has 82 valence electrons. The molecule has 4 nitrogen and oxygen atoms in total. The van der Waals surface area contributed by atoms with Gasteiger partial charge in [0.2, 0.25) is 0 Å². The van der Waals surface area contributed by atoms with E-state index in [-0.39, 0.29) is 11.4 Å². The van der Waals surface area contributed by atoms with Gasteiger partial charge >= 0.3 is 6.03 Å². The second kappa shape index (κ2) is 4.64. The van der Waals surface area contributed by atoms with Gasteiger partial charge in [-0.1, -0.05) is 26.7 Å². The summed E-state index contributed by atoms with van der Waals surface area (Å²) in [5.41, 5.74) is -0.177. The summed E-state index contributed by atoms with van der Waals surface area (Å²) >= 11 is 0. The molecule has 0 aromatic rings. The molecule has 0 aromatic carbocycles. The highest BCUT2D eigenvalue weighted by molar-refractivity contribution is 5.75. The van der Waals surface area contributed by atoms with Gasteiger partial charge in [0.15, 0.2) is 0 Å². The fourth-order valence-electron chi connectivity index (χ4n) is 1.93. The van der Waals surface area contributed by atoms with Crippen LogP contribution in [0.3, 0.4) is 0 Å². The molecule has 2 amide bonds. The average molecular weight is 200 g/mol. The van der Waals surface area contributed by atoms with Crippen molar-refractivity contribution >= 4 is 6.03 Å². The predicted octanol–water partition coefficient (Wildman–Crippen LogP) is 1.20. The zero-order valence-corrected chi connectivity index (χ0v) is 8.97. The van der Waals surface area contributed by atoms with Gasteiger partial charge in [0.05, 0.1) is 0 Å². The first-order valence-electron chi connectivity index (χ1n) is 5.37. The number of carbonyl (C=O) groups is 1. The first-order valence-corrected chi connectivity index (χ1v) is 5.37. The standard InChI is InChI=1S/C10H20N2O2/c1-3-5-6-10(4-2)7-11-9(14)12-8(10)13/h8,13H,3-7H2,1-2H3,(H2,11,12,14). The molecule has 0 aromatic heterocycles. The van der Waals surface area contributed by atoms with Crippen molar-refractivity contribution in [2.75, 3.05) is 6.54 Å². The molecule has 0 radical (unpaired) electrons. The van der Waals surface area contributed by atoms with Crippen molar-refractivity contribution in [3.8, 4) is 0 Å². The molecule has 1 saturated heterocycles. The maximum absolute atomic E-state index is 11.0. The van der Waals surface area contributed by atoms with Crippen LogP contribution in [0.4, 0.5) is 4.79 Å². The van der Waals surface area contributed by atoms with E-state index >= 15 is 0 Å². The second-order valence-corrected chi connectivity index (χ2v) is 4.05. The van der Waals surface area contributed by atoms with E-state index in [9.17, 15) is 9.90 Å². The van der Waals surface area contributed by atoms with Crippen LogP contribution in [0.5, 0.6) is 0 Å². The normalized spacial score (nSPS) is 32.2. The number of aliphatic hydroxyl groups is 1. The zero-order valence-electron chi connectivity index (χ0n) is 8.97. The summed E-state index contributed by atoms with van der Waals surface area (Å²) in [5.74, 6) is 0. The molecule has 1 aliphatic rings. The molecule has 14 heavy (non-hydrogen) atoms. The molecule has 4 heteroatoms. The third kappa shape index (κ3) is 2.18. The molecule has 2 atom stereocenters. The molecule has 0 bridgehead atoms. The molecular formula is C10H20N2O2. The van der Waals surface area contributed by atoms with Crippen molar-refractivity contribution in [2.24, 2.45) is 5.41 Å². The summed E-state index contributed by atoms with van der Waals surface area (Å²) in [5, 5.41) is 15.1. The number of hydrogen-bond acceptors (Lipinski definition) is 2. The lowest BCUT2D eigenvalue weighted by atomic mass is 9.77. The number of carbonyl (C=O) groups excluding carboxylic acids is 1. The van der Waals surface area contributed by atoms with Crippen molar-refractivity contribution in [1.29, 1.82) is 0 Å². The number of amides is 2. The van der Waals surface area contributed by atoms with Gasteiger partial charge in [-0.3, -0.25) is 0 Å². The van der Waals surface area contributed by atoms with Crippen LogP contribution < -0.4 is 10.6 Å². The summed E-state index contributed by atoms with van der Waals surface area (Å²) in [4.78, 5) is 11.0. The summed E-state index contributed by atoms with van der Waals surface area (Å²) in [6, 6.07) is -0.266. The lowest BCUT2D eigenvalue weighted by molar-refractivity contribution is -0.0150. The van der Waals surface area contributed by atoms with Crippen molar-refractivity contribution < 1.29 is 9.90 Å². The van der Waals surface area contributed by atoms with E-state index in [0.29, 0.717) is 6.54 Å². The van der Waals surface area contributed by atoms with Crippen molar-refractivity contribution in [3.05, 3.63) is 0 Å². The van der Waals surface area contributed by atoms with Gasteiger partial charge in [0.25, 0.3) is 0 Å². The van der Waals surface area contributed by atoms with Crippen LogP contribution in [0.15, 0.2) is 0 Å². The van der Waals surface area contributed by atoms with Crippen molar-refractivity contribution in [1.82, 2.24) is 10.6 Å². The van der Waals surface area contributed by atoms with Gasteiger partial charge in [-0.25, -0.2) is 4.79 Å². The number of urea groups is 1. The van der Waals surface area contributed by atoms with Crippen LogP contribution in [0, 0.1) is 5.41 Å². The van der Waals surface area contributed by atoms with Crippen LogP contribution in [0.2, 0.25) is 0 Å². The van der Waals surface area contributed by atoms with E-state index in [1.807, 2.05) is 0 Å². The summed E-state index contributed by atoms with van der Waals surface area (Å²) in [6.45, 7) is 4.76. The maximum Gasteiger partial charge on any atom is 0.316 e. The number of unbranched alkanes of at least 4 members (excludes halogenated alkanes) is 1. The molecule has 1 heterocycles. The first kappa shape index (κ1) is 11.3. The Balaban J connectivity index is 2.62. The number of hydrogen-bond donors (Lipinski definition) is 3. The van der Waals surface area contributed by atoms with Crippen LogP contribution in [0.25, 0.3) is 0 Å². The zero-order chi connectivity index (χ0) is 10.6. The smallest absolute Gasteiger partial charge is 0.316 e. The van der Waals surface area contributed by atoms with Crippen molar-refractivity contribution in [3.63, 3.8) is 0 Å². The highest BCUT2D eigenvalue weighted by Crippen LogP contribution is 2.32. The van der Waals surface area contributed by atoms with E-state index < -0.39 is 6.23 Å². The first-order chi connectivity index (χ1) is 6.64. The Labute approximate surface area is 85.1 Å². The fraction of sp³-hybridized carbons (Fsp3) is 0.900. The lowest BCUT2D eigenvalue weighted by Gasteiger charge is -2.41. The van der Waals surface area contributed by atoms with Crippen LogP contribution in [0.1, 0.15) is 39.5 Å². The van der Waals surface area contributed by atoms with E-state index in [4.69, 9.17) is 0 Å². The van der Waals surface area contributed by atoms with Gasteiger partial charge in [0.1, 0.15) is 6.23 Å². The Morgan fingerprint density at radius 1 is 1.57 bits per heavy atom. The monoisotopic (exact) mass is 200 g/mol. The third-order valence-electron chi connectivity index (χ3n) is 3.18. The Bertz CT molecular complexity index is 208. The molecule has 0 spiro atoms. The minimum absolute atomic E-state index is 0.177. The molecule has 1 fully saturated rings. The van der Waals surface area contributed by atoms with Gasteiger partial charge < -0.3 is 15.7 Å². The van der Waals surface area contributed by atoms with E-state index in [1.165, 1.54) is 0 Å². The van der Waals surface area contributed by atoms with Gasteiger partial charge in [-0.2, -0.15) is 0 Å².